The first-order valence-electron chi connectivity index (χ1n) is 8.86. The normalized spacial score (nSPS) is 18.4. The van der Waals surface area contributed by atoms with Crippen molar-refractivity contribution in [2.75, 3.05) is 4.90 Å². The number of carbonyl (C=O) groups excluding carboxylic acids is 2. The van der Waals surface area contributed by atoms with E-state index in [9.17, 15) is 19.1 Å². The van der Waals surface area contributed by atoms with Gasteiger partial charge in [0.05, 0.1) is 18.7 Å². The fraction of sp³-hybridized carbons (Fsp3) is 0.182. The Labute approximate surface area is 161 Å². The second-order valence-electron chi connectivity index (χ2n) is 6.91. The molecule has 0 radical (unpaired) electrons. The molecule has 2 aromatic carbocycles. The summed E-state index contributed by atoms with van der Waals surface area (Å²) in [5, 5.41) is 11.2. The Balaban J connectivity index is 1.68. The molecule has 0 saturated heterocycles. The Morgan fingerprint density at radius 1 is 1.14 bits per heavy atom. The molecule has 0 fully saturated rings. The van der Waals surface area contributed by atoms with Gasteiger partial charge in [0.25, 0.3) is 5.91 Å². The highest BCUT2D eigenvalue weighted by Gasteiger charge is 2.51. The minimum Gasteiger partial charge on any atom is -0.458 e. The van der Waals surface area contributed by atoms with E-state index in [2.05, 4.69) is 0 Å². The third-order valence-electron chi connectivity index (χ3n) is 4.90. The van der Waals surface area contributed by atoms with Gasteiger partial charge in [0, 0.05) is 5.56 Å². The number of nitrogens with zero attached hydrogens (tertiary/aromatic N) is 1. The highest BCUT2D eigenvalue weighted by atomic mass is 19.1. The SMILES string of the molecule is Cc1ccc(C(=O)CC2(O)C(=O)N(Cc3cccc(F)c3)c3ccccc32)o1. The zero-order chi connectivity index (χ0) is 19.9. The number of Topliss-reactive ketones (excluding diaryl/α,β-unsaturated/α-hetero) is 1. The number of anilines is 1. The van der Waals surface area contributed by atoms with Crippen molar-refractivity contribution >= 4 is 17.4 Å². The van der Waals surface area contributed by atoms with Crippen LogP contribution in [0.3, 0.4) is 0 Å². The summed E-state index contributed by atoms with van der Waals surface area (Å²) in [6.07, 6.45) is -0.435. The molecule has 4 rings (SSSR count). The maximum atomic E-state index is 13.5. The number of aliphatic hydroxyl groups is 1. The zero-order valence-electron chi connectivity index (χ0n) is 15.2. The molecule has 1 aliphatic heterocycles. The number of carbonyl (C=O) groups is 2. The molecule has 0 bridgehead atoms. The van der Waals surface area contributed by atoms with E-state index < -0.39 is 29.5 Å². The molecule has 1 unspecified atom stereocenters. The minimum absolute atomic E-state index is 0.0873. The van der Waals surface area contributed by atoms with Crippen LogP contribution in [0.1, 0.15) is 33.9 Å². The van der Waals surface area contributed by atoms with E-state index in [-0.39, 0.29) is 12.3 Å². The van der Waals surface area contributed by atoms with E-state index in [1.54, 1.807) is 49.4 Å². The minimum atomic E-state index is -2.00. The van der Waals surface area contributed by atoms with Crippen molar-refractivity contribution in [1.29, 1.82) is 0 Å². The van der Waals surface area contributed by atoms with Gasteiger partial charge in [-0.2, -0.15) is 0 Å². The van der Waals surface area contributed by atoms with Gasteiger partial charge in [-0.25, -0.2) is 4.39 Å². The summed E-state index contributed by atoms with van der Waals surface area (Å²) in [7, 11) is 0. The number of hydrogen-bond acceptors (Lipinski definition) is 4. The number of para-hydroxylation sites is 1. The first-order chi connectivity index (χ1) is 13.4. The van der Waals surface area contributed by atoms with E-state index in [1.807, 2.05) is 0 Å². The first-order valence-corrected chi connectivity index (χ1v) is 8.86. The Kier molecular flexibility index (Phi) is 4.35. The summed E-state index contributed by atoms with van der Waals surface area (Å²) >= 11 is 0. The number of rotatable bonds is 5. The molecule has 5 nitrogen and oxygen atoms in total. The van der Waals surface area contributed by atoms with Crippen LogP contribution in [0.15, 0.2) is 65.1 Å². The van der Waals surface area contributed by atoms with E-state index in [4.69, 9.17) is 4.42 Å². The molecule has 1 atom stereocenters. The molecule has 1 amide bonds. The molecule has 1 aromatic heterocycles. The quantitative estimate of drug-likeness (QED) is 0.686. The van der Waals surface area contributed by atoms with Crippen molar-refractivity contribution in [2.45, 2.75) is 25.5 Å². The molecule has 0 saturated carbocycles. The largest absolute Gasteiger partial charge is 0.458 e. The topological polar surface area (TPSA) is 70.8 Å². The lowest BCUT2D eigenvalue weighted by Gasteiger charge is -2.22. The average molecular weight is 379 g/mol. The number of ketones is 1. The molecule has 142 valence electrons. The Morgan fingerprint density at radius 2 is 1.93 bits per heavy atom. The number of furan rings is 1. The molecular formula is C22H18FNO4. The lowest BCUT2D eigenvalue weighted by molar-refractivity contribution is -0.136. The second kappa shape index (κ2) is 6.73. The van der Waals surface area contributed by atoms with Gasteiger partial charge in [0.15, 0.2) is 11.4 Å². The number of halogens is 1. The smallest absolute Gasteiger partial charge is 0.264 e. The summed E-state index contributed by atoms with van der Waals surface area (Å²) in [6.45, 7) is 1.80. The van der Waals surface area contributed by atoms with Gasteiger partial charge in [-0.15, -0.1) is 0 Å². The van der Waals surface area contributed by atoms with Crippen LogP contribution in [-0.4, -0.2) is 16.8 Å². The monoisotopic (exact) mass is 379 g/mol. The number of aryl methyl sites for hydroxylation is 1. The molecule has 28 heavy (non-hydrogen) atoms. The van der Waals surface area contributed by atoms with E-state index in [0.29, 0.717) is 22.6 Å². The van der Waals surface area contributed by atoms with Crippen LogP contribution in [0.25, 0.3) is 0 Å². The van der Waals surface area contributed by atoms with Crippen LogP contribution in [0, 0.1) is 12.7 Å². The number of fused-ring (bicyclic) bond motifs is 1. The highest BCUT2D eigenvalue weighted by molar-refractivity contribution is 6.10. The van der Waals surface area contributed by atoms with Crippen molar-refractivity contribution in [3.8, 4) is 0 Å². The van der Waals surface area contributed by atoms with Crippen molar-refractivity contribution in [2.24, 2.45) is 0 Å². The molecule has 1 aliphatic rings. The molecule has 1 N–H and O–H groups in total. The molecule has 6 heteroatoms. The van der Waals surface area contributed by atoms with Gasteiger partial charge in [-0.05, 0) is 42.8 Å². The lowest BCUT2D eigenvalue weighted by Crippen LogP contribution is -2.41. The summed E-state index contributed by atoms with van der Waals surface area (Å²) in [4.78, 5) is 27.1. The molecule has 0 spiro atoms. The van der Waals surface area contributed by atoms with E-state index >= 15 is 0 Å². The summed E-state index contributed by atoms with van der Waals surface area (Å²) in [5.74, 6) is -0.821. The van der Waals surface area contributed by atoms with Gasteiger partial charge in [-0.3, -0.25) is 9.59 Å². The molecule has 3 aromatic rings. The summed E-state index contributed by atoms with van der Waals surface area (Å²) in [5.41, 5.74) is -0.557. The van der Waals surface area contributed by atoms with E-state index in [1.165, 1.54) is 23.1 Å². The number of amides is 1. The highest BCUT2D eigenvalue weighted by Crippen LogP contribution is 2.43. The van der Waals surface area contributed by atoms with Crippen LogP contribution >= 0.6 is 0 Å². The molecule has 2 heterocycles. The second-order valence-corrected chi connectivity index (χ2v) is 6.91. The van der Waals surface area contributed by atoms with Crippen LogP contribution in [-0.2, 0) is 16.9 Å². The van der Waals surface area contributed by atoms with Crippen molar-refractivity contribution in [3.05, 3.63) is 89.1 Å². The Hall–Kier alpha value is -3.25. The van der Waals surface area contributed by atoms with Gasteiger partial charge in [0.2, 0.25) is 5.78 Å². The standard InChI is InChI=1S/C22H18FNO4/c1-14-9-10-20(28-14)19(25)12-22(27)17-7-2-3-8-18(17)24(21(22)26)13-15-5-4-6-16(23)11-15/h2-11,27H,12-13H2,1H3. The van der Waals surface area contributed by atoms with Crippen molar-refractivity contribution in [3.63, 3.8) is 0 Å². The maximum absolute atomic E-state index is 13.5. The number of hydrogen-bond donors (Lipinski definition) is 1. The summed E-state index contributed by atoms with van der Waals surface area (Å²) in [6, 6.07) is 15.9. The van der Waals surface area contributed by atoms with Gasteiger partial charge >= 0.3 is 0 Å². The fourth-order valence-electron chi connectivity index (χ4n) is 3.56. The first kappa shape index (κ1) is 18.1. The van der Waals surface area contributed by atoms with Crippen LogP contribution in [0.4, 0.5) is 10.1 Å². The van der Waals surface area contributed by atoms with E-state index in [0.717, 1.165) is 0 Å². The zero-order valence-corrected chi connectivity index (χ0v) is 15.2. The third-order valence-corrected chi connectivity index (χ3v) is 4.90. The third kappa shape index (κ3) is 3.01. The van der Waals surface area contributed by atoms with Crippen molar-refractivity contribution < 1.29 is 23.5 Å². The predicted molar refractivity (Wildman–Crippen MR) is 100 cm³/mol. The van der Waals surface area contributed by atoms with Crippen LogP contribution < -0.4 is 4.90 Å². The Morgan fingerprint density at radius 3 is 2.64 bits per heavy atom. The van der Waals surface area contributed by atoms with Crippen LogP contribution in [0.5, 0.6) is 0 Å². The van der Waals surface area contributed by atoms with Crippen molar-refractivity contribution in [1.82, 2.24) is 0 Å². The van der Waals surface area contributed by atoms with Gasteiger partial charge in [0.1, 0.15) is 11.6 Å². The molecular weight excluding hydrogens is 361 g/mol. The van der Waals surface area contributed by atoms with Crippen LogP contribution in [0.2, 0.25) is 0 Å². The van der Waals surface area contributed by atoms with Gasteiger partial charge in [-0.1, -0.05) is 30.3 Å². The maximum Gasteiger partial charge on any atom is 0.264 e. The lowest BCUT2D eigenvalue weighted by atomic mass is 9.89. The average Bonchev–Trinajstić information content (AvgIpc) is 3.19. The predicted octanol–water partition coefficient (Wildman–Crippen LogP) is 3.73. The Bertz CT molecular complexity index is 1070. The van der Waals surface area contributed by atoms with Gasteiger partial charge < -0.3 is 14.4 Å². The molecule has 0 aliphatic carbocycles. The number of benzene rings is 2. The fourth-order valence-corrected chi connectivity index (χ4v) is 3.56. The summed E-state index contributed by atoms with van der Waals surface area (Å²) < 4.78 is 18.9.